The Bertz CT molecular complexity index is 753. The van der Waals surface area contributed by atoms with Crippen LogP contribution in [0, 0.1) is 16.0 Å². The number of nitro benzene ring substituents is 1. The fraction of sp³-hybridized carbons (Fsp3) is 0.333. The number of amides is 1. The predicted molar refractivity (Wildman–Crippen MR) is 83.3 cm³/mol. The zero-order chi connectivity index (χ0) is 17.0. The summed E-state index contributed by atoms with van der Waals surface area (Å²) >= 11 is 0. The van der Waals surface area contributed by atoms with Crippen LogP contribution in [0.1, 0.15) is 30.1 Å². The fourth-order valence-corrected chi connectivity index (χ4v) is 2.38. The molecule has 122 valence electrons. The van der Waals surface area contributed by atoms with E-state index in [-0.39, 0.29) is 17.8 Å². The number of carbonyl (C=O) groups excluding carboxylic acids is 1. The van der Waals surface area contributed by atoms with Gasteiger partial charge in [-0.2, -0.15) is 0 Å². The Labute approximate surface area is 131 Å². The molecule has 0 saturated heterocycles. The van der Waals surface area contributed by atoms with Crippen molar-refractivity contribution in [2.75, 3.05) is 6.54 Å². The number of nitrogens with zero attached hydrogens (tertiary/aromatic N) is 1. The van der Waals surface area contributed by atoms with E-state index in [0.29, 0.717) is 23.7 Å². The van der Waals surface area contributed by atoms with Crippen LogP contribution in [0.25, 0.3) is 10.9 Å². The first-order chi connectivity index (χ1) is 10.9. The topological polar surface area (TPSA) is 125 Å². The van der Waals surface area contributed by atoms with Crippen molar-refractivity contribution in [1.29, 1.82) is 0 Å². The zero-order valence-electron chi connectivity index (χ0n) is 12.5. The lowest BCUT2D eigenvalue weighted by Crippen LogP contribution is -2.32. The number of rotatable bonds is 7. The number of carboxylic acids is 1. The van der Waals surface area contributed by atoms with E-state index in [1.807, 2.05) is 6.92 Å². The highest BCUT2D eigenvalue weighted by molar-refractivity contribution is 6.07. The van der Waals surface area contributed by atoms with Gasteiger partial charge in [0.15, 0.2) is 0 Å². The van der Waals surface area contributed by atoms with Crippen LogP contribution in [0.15, 0.2) is 24.4 Å². The minimum atomic E-state index is -0.957. The molecule has 3 N–H and O–H groups in total. The van der Waals surface area contributed by atoms with Gasteiger partial charge in [-0.3, -0.25) is 19.7 Å². The van der Waals surface area contributed by atoms with Crippen molar-refractivity contribution in [2.24, 2.45) is 5.92 Å². The molecule has 0 aliphatic carbocycles. The summed E-state index contributed by atoms with van der Waals surface area (Å²) in [5, 5.41) is 22.9. The summed E-state index contributed by atoms with van der Waals surface area (Å²) < 4.78 is 0. The van der Waals surface area contributed by atoms with E-state index in [9.17, 15) is 19.7 Å². The van der Waals surface area contributed by atoms with Crippen LogP contribution in [0.4, 0.5) is 5.69 Å². The summed E-state index contributed by atoms with van der Waals surface area (Å²) in [4.78, 5) is 36.5. The van der Waals surface area contributed by atoms with Gasteiger partial charge in [0, 0.05) is 35.8 Å². The van der Waals surface area contributed by atoms with Gasteiger partial charge in [0.05, 0.1) is 16.4 Å². The van der Waals surface area contributed by atoms with Crippen molar-refractivity contribution in [3.05, 3.63) is 40.1 Å². The average molecular weight is 319 g/mol. The fourth-order valence-electron chi connectivity index (χ4n) is 2.38. The molecule has 0 spiro atoms. The third-order valence-electron chi connectivity index (χ3n) is 3.62. The van der Waals surface area contributed by atoms with Gasteiger partial charge in [-0.15, -0.1) is 0 Å². The zero-order valence-corrected chi connectivity index (χ0v) is 12.5. The van der Waals surface area contributed by atoms with Crippen molar-refractivity contribution in [3.63, 3.8) is 0 Å². The quantitative estimate of drug-likeness (QED) is 0.533. The number of aromatic nitrogens is 1. The van der Waals surface area contributed by atoms with Crippen LogP contribution in [-0.4, -0.2) is 33.4 Å². The van der Waals surface area contributed by atoms with Crippen molar-refractivity contribution in [1.82, 2.24) is 10.3 Å². The van der Waals surface area contributed by atoms with Gasteiger partial charge in [0.1, 0.15) is 0 Å². The molecule has 8 nitrogen and oxygen atoms in total. The Morgan fingerprint density at radius 1 is 1.43 bits per heavy atom. The molecular formula is C15H17N3O5. The molecule has 0 aliphatic rings. The van der Waals surface area contributed by atoms with Crippen molar-refractivity contribution in [2.45, 2.75) is 19.8 Å². The Balaban J connectivity index is 2.19. The number of carboxylic acid groups (broad SMARTS) is 1. The average Bonchev–Trinajstić information content (AvgIpc) is 2.93. The Morgan fingerprint density at radius 3 is 2.78 bits per heavy atom. The second kappa shape index (κ2) is 6.91. The molecule has 0 radical (unpaired) electrons. The Kier molecular flexibility index (Phi) is 4.95. The molecule has 8 heteroatoms. The lowest BCUT2D eigenvalue weighted by atomic mass is 10.0. The minimum Gasteiger partial charge on any atom is -0.481 e. The molecule has 1 aromatic heterocycles. The monoisotopic (exact) mass is 319 g/mol. The first-order valence-electron chi connectivity index (χ1n) is 7.20. The number of aromatic amines is 1. The Morgan fingerprint density at radius 2 is 2.17 bits per heavy atom. The van der Waals surface area contributed by atoms with Crippen LogP contribution < -0.4 is 5.32 Å². The first-order valence-corrected chi connectivity index (χ1v) is 7.20. The maximum absolute atomic E-state index is 12.2. The third-order valence-corrected chi connectivity index (χ3v) is 3.62. The summed E-state index contributed by atoms with van der Waals surface area (Å²) in [5.41, 5.74) is 0.744. The number of H-pyrrole nitrogens is 1. The minimum absolute atomic E-state index is 0.0175. The number of hydrogen-bond donors (Lipinski definition) is 3. The third kappa shape index (κ3) is 3.65. The highest BCUT2D eigenvalue weighted by atomic mass is 16.6. The number of nitro groups is 1. The molecule has 0 bridgehead atoms. The van der Waals surface area contributed by atoms with E-state index >= 15 is 0 Å². The normalized spacial score (nSPS) is 12.0. The van der Waals surface area contributed by atoms with Gasteiger partial charge in [-0.1, -0.05) is 13.3 Å². The van der Waals surface area contributed by atoms with Crippen molar-refractivity contribution >= 4 is 28.5 Å². The maximum atomic E-state index is 12.2. The molecule has 0 saturated carbocycles. The molecule has 1 aromatic carbocycles. The van der Waals surface area contributed by atoms with Crippen molar-refractivity contribution in [3.8, 4) is 0 Å². The Hall–Kier alpha value is -2.90. The van der Waals surface area contributed by atoms with Crippen LogP contribution in [0.5, 0.6) is 0 Å². The van der Waals surface area contributed by atoms with E-state index in [4.69, 9.17) is 5.11 Å². The number of fused-ring (bicyclic) bond motifs is 1. The molecule has 1 heterocycles. The molecule has 23 heavy (non-hydrogen) atoms. The summed E-state index contributed by atoms with van der Waals surface area (Å²) in [7, 11) is 0. The molecule has 2 aromatic rings. The van der Waals surface area contributed by atoms with E-state index in [0.717, 1.165) is 0 Å². The summed E-state index contributed by atoms with van der Waals surface area (Å²) in [5.74, 6) is -2.07. The number of hydrogen-bond acceptors (Lipinski definition) is 4. The SMILES string of the molecule is CCCC(CNC(=O)c1c[nH]c2ccc([N+](=O)[O-])cc12)C(=O)O. The molecule has 1 amide bonds. The van der Waals surface area contributed by atoms with Crippen LogP contribution in [0.3, 0.4) is 0 Å². The van der Waals surface area contributed by atoms with E-state index in [1.54, 1.807) is 0 Å². The first kappa shape index (κ1) is 16.5. The van der Waals surface area contributed by atoms with E-state index in [1.165, 1.54) is 24.4 Å². The summed E-state index contributed by atoms with van der Waals surface area (Å²) in [6.07, 6.45) is 2.63. The van der Waals surface area contributed by atoms with Gasteiger partial charge in [-0.05, 0) is 12.5 Å². The number of non-ortho nitro benzene ring substituents is 1. The summed E-state index contributed by atoms with van der Waals surface area (Å²) in [6, 6.07) is 4.20. The molecule has 1 atom stereocenters. The molecule has 0 fully saturated rings. The molecule has 2 rings (SSSR count). The second-order valence-electron chi connectivity index (χ2n) is 5.22. The van der Waals surface area contributed by atoms with Gasteiger partial charge in [0.2, 0.25) is 0 Å². The predicted octanol–water partition coefficient (Wildman–Crippen LogP) is 2.31. The van der Waals surface area contributed by atoms with Crippen LogP contribution in [-0.2, 0) is 4.79 Å². The van der Waals surface area contributed by atoms with Gasteiger partial charge < -0.3 is 15.4 Å². The second-order valence-corrected chi connectivity index (χ2v) is 5.22. The lowest BCUT2D eigenvalue weighted by Gasteiger charge is -2.12. The molecular weight excluding hydrogens is 302 g/mol. The van der Waals surface area contributed by atoms with E-state index in [2.05, 4.69) is 10.3 Å². The highest BCUT2D eigenvalue weighted by Crippen LogP contribution is 2.23. The van der Waals surface area contributed by atoms with Crippen molar-refractivity contribution < 1.29 is 19.6 Å². The van der Waals surface area contributed by atoms with Crippen LogP contribution in [0.2, 0.25) is 0 Å². The standard InChI is InChI=1S/C15H17N3O5/c1-2-3-9(15(20)21)7-17-14(19)12-8-16-13-5-4-10(18(22)23)6-11(12)13/h4-6,8-9,16H,2-3,7H2,1H3,(H,17,19)(H,20,21). The van der Waals surface area contributed by atoms with Gasteiger partial charge in [-0.25, -0.2) is 0 Å². The molecule has 0 aliphatic heterocycles. The lowest BCUT2D eigenvalue weighted by molar-refractivity contribution is -0.384. The number of aliphatic carboxylic acids is 1. The maximum Gasteiger partial charge on any atom is 0.308 e. The summed E-state index contributed by atoms with van der Waals surface area (Å²) in [6.45, 7) is 1.89. The van der Waals surface area contributed by atoms with Crippen LogP contribution >= 0.6 is 0 Å². The number of nitrogens with one attached hydrogen (secondary N) is 2. The largest absolute Gasteiger partial charge is 0.481 e. The van der Waals surface area contributed by atoms with Gasteiger partial charge in [0.25, 0.3) is 11.6 Å². The number of benzene rings is 1. The molecule has 1 unspecified atom stereocenters. The number of carbonyl (C=O) groups is 2. The van der Waals surface area contributed by atoms with E-state index < -0.39 is 22.7 Å². The highest BCUT2D eigenvalue weighted by Gasteiger charge is 2.20. The smallest absolute Gasteiger partial charge is 0.308 e. The van der Waals surface area contributed by atoms with Gasteiger partial charge >= 0.3 is 5.97 Å².